The molecular formula is C9H9F. The summed E-state index contributed by atoms with van der Waals surface area (Å²) in [6.07, 6.45) is 1.51. The topological polar surface area (TPSA) is 0 Å². The fourth-order valence-corrected chi connectivity index (χ4v) is 0.798. The monoisotopic (exact) mass is 136 g/mol. The van der Waals surface area contributed by atoms with Gasteiger partial charge in [0.15, 0.2) is 0 Å². The Morgan fingerprint density at radius 3 is 2.70 bits per heavy atom. The summed E-state index contributed by atoms with van der Waals surface area (Å²) in [5.74, 6) is -0.199. The third-order valence-electron chi connectivity index (χ3n) is 1.38. The van der Waals surface area contributed by atoms with Gasteiger partial charge in [-0.2, -0.15) is 0 Å². The van der Waals surface area contributed by atoms with Gasteiger partial charge < -0.3 is 0 Å². The average molecular weight is 136 g/mol. The normalized spacial score (nSPS) is 9.40. The Hall–Kier alpha value is -1.11. The van der Waals surface area contributed by atoms with Crippen LogP contribution in [0.2, 0.25) is 0 Å². The van der Waals surface area contributed by atoms with Crippen molar-refractivity contribution in [2.24, 2.45) is 0 Å². The summed E-state index contributed by atoms with van der Waals surface area (Å²) in [4.78, 5) is 0. The first-order valence-electron chi connectivity index (χ1n) is 3.12. The summed E-state index contributed by atoms with van der Waals surface area (Å²) in [7, 11) is 0. The van der Waals surface area contributed by atoms with E-state index in [1.165, 1.54) is 12.1 Å². The van der Waals surface area contributed by atoms with E-state index in [-0.39, 0.29) is 5.82 Å². The third-order valence-corrected chi connectivity index (χ3v) is 1.38. The van der Waals surface area contributed by atoms with E-state index in [4.69, 9.17) is 0 Å². The summed E-state index contributed by atoms with van der Waals surface area (Å²) < 4.78 is 12.8. The summed E-state index contributed by atoms with van der Waals surface area (Å²) in [6, 6.07) is 5.08. The lowest BCUT2D eigenvalue weighted by molar-refractivity contribution is 0.624. The van der Waals surface area contributed by atoms with Gasteiger partial charge in [0.05, 0.1) is 0 Å². The van der Waals surface area contributed by atoms with E-state index < -0.39 is 0 Å². The molecule has 0 saturated carbocycles. The van der Waals surface area contributed by atoms with Crippen LogP contribution in [0.25, 0.3) is 6.08 Å². The van der Waals surface area contributed by atoms with Gasteiger partial charge in [-0.1, -0.05) is 24.8 Å². The van der Waals surface area contributed by atoms with Crippen molar-refractivity contribution in [1.29, 1.82) is 0 Å². The van der Waals surface area contributed by atoms with Crippen molar-refractivity contribution in [3.63, 3.8) is 0 Å². The molecule has 0 fully saturated rings. The molecular weight excluding hydrogens is 127 g/mol. The molecule has 0 bridgehead atoms. The SMILES string of the molecule is C=Cc1ccc(C)cc1F. The van der Waals surface area contributed by atoms with Crippen molar-refractivity contribution in [2.45, 2.75) is 6.92 Å². The molecule has 1 aromatic carbocycles. The van der Waals surface area contributed by atoms with Gasteiger partial charge in [0.25, 0.3) is 0 Å². The lowest BCUT2D eigenvalue weighted by Gasteiger charge is -1.96. The maximum atomic E-state index is 12.8. The third kappa shape index (κ3) is 1.24. The molecule has 0 amide bonds. The molecule has 1 aromatic rings. The second-order valence-electron chi connectivity index (χ2n) is 2.23. The molecule has 0 saturated heterocycles. The Kier molecular flexibility index (Phi) is 1.86. The summed E-state index contributed by atoms with van der Waals surface area (Å²) in [5.41, 5.74) is 1.49. The van der Waals surface area contributed by atoms with Gasteiger partial charge in [-0.3, -0.25) is 0 Å². The van der Waals surface area contributed by atoms with Gasteiger partial charge in [0, 0.05) is 5.56 Å². The lowest BCUT2D eigenvalue weighted by atomic mass is 10.1. The van der Waals surface area contributed by atoms with Gasteiger partial charge in [-0.25, -0.2) is 4.39 Å². The Morgan fingerprint density at radius 2 is 2.20 bits per heavy atom. The number of hydrogen-bond donors (Lipinski definition) is 0. The quantitative estimate of drug-likeness (QED) is 0.556. The van der Waals surface area contributed by atoms with Gasteiger partial charge in [0.1, 0.15) is 5.82 Å². The van der Waals surface area contributed by atoms with Crippen molar-refractivity contribution in [2.75, 3.05) is 0 Å². The van der Waals surface area contributed by atoms with E-state index >= 15 is 0 Å². The number of halogens is 1. The van der Waals surface area contributed by atoms with Crippen molar-refractivity contribution in [1.82, 2.24) is 0 Å². The van der Waals surface area contributed by atoms with Gasteiger partial charge in [0.2, 0.25) is 0 Å². The summed E-state index contributed by atoms with van der Waals surface area (Å²) >= 11 is 0. The van der Waals surface area contributed by atoms with Crippen LogP contribution in [0.15, 0.2) is 24.8 Å². The minimum absolute atomic E-state index is 0.199. The maximum absolute atomic E-state index is 12.8. The number of rotatable bonds is 1. The van der Waals surface area contributed by atoms with Crippen LogP contribution in [0.3, 0.4) is 0 Å². The highest BCUT2D eigenvalue weighted by atomic mass is 19.1. The molecule has 10 heavy (non-hydrogen) atoms. The molecule has 0 nitrogen and oxygen atoms in total. The zero-order chi connectivity index (χ0) is 7.56. The van der Waals surface area contributed by atoms with Crippen LogP contribution in [0.4, 0.5) is 4.39 Å². The Morgan fingerprint density at radius 1 is 1.50 bits per heavy atom. The second kappa shape index (κ2) is 2.65. The predicted molar refractivity (Wildman–Crippen MR) is 41.2 cm³/mol. The van der Waals surface area contributed by atoms with E-state index in [1.54, 1.807) is 6.07 Å². The Labute approximate surface area is 60.0 Å². The molecule has 0 unspecified atom stereocenters. The van der Waals surface area contributed by atoms with E-state index in [9.17, 15) is 4.39 Å². The predicted octanol–water partition coefficient (Wildman–Crippen LogP) is 2.78. The zero-order valence-corrected chi connectivity index (χ0v) is 5.89. The van der Waals surface area contributed by atoms with Gasteiger partial charge >= 0.3 is 0 Å². The van der Waals surface area contributed by atoms with Crippen LogP contribution in [0.1, 0.15) is 11.1 Å². The van der Waals surface area contributed by atoms with Crippen LogP contribution >= 0.6 is 0 Å². The summed E-state index contributed by atoms with van der Waals surface area (Å²) in [5, 5.41) is 0. The Balaban J connectivity index is 3.19. The molecule has 0 N–H and O–H groups in total. The smallest absolute Gasteiger partial charge is 0.130 e. The molecule has 0 atom stereocenters. The van der Waals surface area contributed by atoms with E-state index in [0.29, 0.717) is 5.56 Å². The molecule has 1 rings (SSSR count). The molecule has 0 heterocycles. The standard InChI is InChI=1S/C9H9F/c1-3-8-5-4-7(2)6-9(8)10/h3-6H,1H2,2H3. The van der Waals surface area contributed by atoms with E-state index in [2.05, 4.69) is 6.58 Å². The highest BCUT2D eigenvalue weighted by Crippen LogP contribution is 2.09. The van der Waals surface area contributed by atoms with Gasteiger partial charge in [-0.15, -0.1) is 0 Å². The van der Waals surface area contributed by atoms with Crippen LogP contribution in [-0.4, -0.2) is 0 Å². The van der Waals surface area contributed by atoms with E-state index in [1.807, 2.05) is 13.0 Å². The van der Waals surface area contributed by atoms with Crippen LogP contribution in [0, 0.1) is 12.7 Å². The first-order chi connectivity index (χ1) is 4.74. The highest BCUT2D eigenvalue weighted by Gasteiger charge is 1.95. The van der Waals surface area contributed by atoms with Crippen LogP contribution < -0.4 is 0 Å². The Bertz CT molecular complexity index is 251. The lowest BCUT2D eigenvalue weighted by Crippen LogP contribution is -1.81. The summed E-state index contributed by atoms with van der Waals surface area (Å²) in [6.45, 7) is 5.34. The molecule has 0 spiro atoms. The minimum atomic E-state index is -0.199. The largest absolute Gasteiger partial charge is 0.206 e. The van der Waals surface area contributed by atoms with Crippen molar-refractivity contribution in [3.05, 3.63) is 41.7 Å². The average Bonchev–Trinajstić information content (AvgIpc) is 1.88. The molecule has 1 heteroatoms. The maximum Gasteiger partial charge on any atom is 0.130 e. The first kappa shape index (κ1) is 7.00. The molecule has 0 radical (unpaired) electrons. The zero-order valence-electron chi connectivity index (χ0n) is 5.89. The fraction of sp³-hybridized carbons (Fsp3) is 0.111. The molecule has 0 aliphatic rings. The molecule has 52 valence electrons. The molecule has 0 aliphatic carbocycles. The number of aryl methyl sites for hydroxylation is 1. The van der Waals surface area contributed by atoms with Gasteiger partial charge in [-0.05, 0) is 18.6 Å². The minimum Gasteiger partial charge on any atom is -0.206 e. The highest BCUT2D eigenvalue weighted by molar-refractivity contribution is 5.48. The number of hydrogen-bond acceptors (Lipinski definition) is 0. The number of benzene rings is 1. The van der Waals surface area contributed by atoms with Crippen LogP contribution in [-0.2, 0) is 0 Å². The van der Waals surface area contributed by atoms with Crippen molar-refractivity contribution >= 4 is 6.08 Å². The second-order valence-corrected chi connectivity index (χ2v) is 2.23. The fourth-order valence-electron chi connectivity index (χ4n) is 0.798. The van der Waals surface area contributed by atoms with Crippen LogP contribution in [0.5, 0.6) is 0 Å². The van der Waals surface area contributed by atoms with E-state index in [0.717, 1.165) is 5.56 Å². The molecule has 0 aromatic heterocycles. The molecule has 0 aliphatic heterocycles. The van der Waals surface area contributed by atoms with Crippen molar-refractivity contribution in [3.8, 4) is 0 Å². The van der Waals surface area contributed by atoms with Crippen molar-refractivity contribution < 1.29 is 4.39 Å². The first-order valence-corrected chi connectivity index (χ1v) is 3.12.